The highest BCUT2D eigenvalue weighted by molar-refractivity contribution is 6.07. The Hall–Kier alpha value is -1.10. The van der Waals surface area contributed by atoms with Crippen molar-refractivity contribution in [3.05, 3.63) is 0 Å². The molecule has 0 saturated carbocycles. The summed E-state index contributed by atoms with van der Waals surface area (Å²) in [6.07, 6.45) is 22.6. The van der Waals surface area contributed by atoms with E-state index >= 15 is 0 Å². The van der Waals surface area contributed by atoms with E-state index in [1.54, 1.807) is 0 Å². The fraction of sp³-hybridized carbons (Fsp3) is 0.933. The lowest BCUT2D eigenvalue weighted by atomic mass is 9.69. The van der Waals surface area contributed by atoms with Crippen LogP contribution in [0.4, 0.5) is 4.79 Å². The van der Waals surface area contributed by atoms with Crippen molar-refractivity contribution in [3.63, 3.8) is 0 Å². The van der Waals surface area contributed by atoms with Gasteiger partial charge in [0.05, 0.1) is 0 Å². The van der Waals surface area contributed by atoms with Crippen molar-refractivity contribution in [1.82, 2.24) is 15.1 Å². The number of carbonyl (C=O) groups excluding carboxylic acids is 2. The number of unbranched alkanes of at least 4 members (excludes halogenated alkanes) is 15. The standard InChI is InChI=1S/C30H57N3O2/c1-7-8-9-10-11-12-13-14-15-16-17-18-19-20-21-22-23-33-26(34)30(31-27(33)35)24-28(2,3)32(6)29(4,5)25-30/h7-25H2,1-6H3,(H,31,35). The first kappa shape index (κ1) is 30.1. The predicted molar refractivity (Wildman–Crippen MR) is 148 cm³/mol. The quantitative estimate of drug-likeness (QED) is 0.167. The van der Waals surface area contributed by atoms with Crippen molar-refractivity contribution in [2.24, 2.45) is 0 Å². The van der Waals surface area contributed by atoms with Crippen molar-refractivity contribution >= 4 is 11.9 Å². The molecule has 204 valence electrons. The molecule has 2 rings (SSSR count). The van der Waals surface area contributed by atoms with Crippen LogP contribution in [0.3, 0.4) is 0 Å². The molecular weight excluding hydrogens is 434 g/mol. The smallest absolute Gasteiger partial charge is 0.323 e. The van der Waals surface area contributed by atoms with E-state index in [2.05, 4.69) is 51.9 Å². The molecule has 2 aliphatic heterocycles. The van der Waals surface area contributed by atoms with Gasteiger partial charge in [0.25, 0.3) is 5.91 Å². The number of urea groups is 1. The number of hydrogen-bond donors (Lipinski definition) is 1. The molecule has 1 spiro atoms. The molecule has 0 aromatic carbocycles. The molecule has 1 N–H and O–H groups in total. The lowest BCUT2D eigenvalue weighted by Crippen LogP contribution is -2.68. The highest BCUT2D eigenvalue weighted by Gasteiger charge is 2.60. The second-order valence-corrected chi connectivity index (χ2v) is 12.8. The average Bonchev–Trinajstić information content (AvgIpc) is 2.99. The number of likely N-dealkylation sites (tertiary alicyclic amines) is 1. The van der Waals surface area contributed by atoms with Crippen LogP contribution in [-0.2, 0) is 4.79 Å². The van der Waals surface area contributed by atoms with Crippen LogP contribution in [0.5, 0.6) is 0 Å². The average molecular weight is 492 g/mol. The van der Waals surface area contributed by atoms with Gasteiger partial charge >= 0.3 is 6.03 Å². The van der Waals surface area contributed by atoms with Crippen molar-refractivity contribution in [2.45, 2.75) is 167 Å². The second-order valence-electron chi connectivity index (χ2n) is 12.8. The van der Waals surface area contributed by atoms with Crippen molar-refractivity contribution in [3.8, 4) is 0 Å². The number of hydrogen-bond acceptors (Lipinski definition) is 3. The summed E-state index contributed by atoms with van der Waals surface area (Å²) in [5.74, 6) is -0.00212. The molecule has 2 heterocycles. The number of imide groups is 1. The molecule has 2 aliphatic rings. The van der Waals surface area contributed by atoms with Gasteiger partial charge in [-0.1, -0.05) is 103 Å². The molecule has 2 saturated heterocycles. The topological polar surface area (TPSA) is 52.7 Å². The van der Waals surface area contributed by atoms with Gasteiger partial charge in [0.1, 0.15) is 5.54 Å². The third-order valence-corrected chi connectivity index (χ3v) is 8.77. The summed E-state index contributed by atoms with van der Waals surface area (Å²) in [5.41, 5.74) is -1.03. The van der Waals surface area contributed by atoms with Gasteiger partial charge in [0.15, 0.2) is 0 Å². The Morgan fingerprint density at radius 1 is 0.657 bits per heavy atom. The van der Waals surface area contributed by atoms with E-state index in [0.717, 1.165) is 12.8 Å². The molecule has 35 heavy (non-hydrogen) atoms. The summed E-state index contributed by atoms with van der Waals surface area (Å²) < 4.78 is 0. The minimum absolute atomic E-state index is 0.00212. The van der Waals surface area contributed by atoms with Gasteiger partial charge in [-0.25, -0.2) is 4.79 Å². The molecule has 2 fully saturated rings. The predicted octanol–water partition coefficient (Wildman–Crippen LogP) is 7.82. The maximum Gasteiger partial charge on any atom is 0.325 e. The maximum atomic E-state index is 13.4. The molecular formula is C30H57N3O2. The minimum Gasteiger partial charge on any atom is -0.323 e. The van der Waals surface area contributed by atoms with Gasteiger partial charge < -0.3 is 5.32 Å². The Labute approximate surface area is 217 Å². The molecule has 0 aromatic rings. The van der Waals surface area contributed by atoms with Gasteiger partial charge in [0.2, 0.25) is 0 Å². The summed E-state index contributed by atoms with van der Waals surface area (Å²) >= 11 is 0. The van der Waals surface area contributed by atoms with Crippen LogP contribution in [0, 0.1) is 0 Å². The number of rotatable bonds is 17. The summed E-state index contributed by atoms with van der Waals surface area (Å²) in [4.78, 5) is 30.0. The van der Waals surface area contributed by atoms with E-state index in [1.165, 1.54) is 94.8 Å². The lowest BCUT2D eigenvalue weighted by molar-refractivity contribution is -0.139. The van der Waals surface area contributed by atoms with Gasteiger partial charge in [-0.3, -0.25) is 14.6 Å². The number of amides is 3. The Morgan fingerprint density at radius 2 is 1.03 bits per heavy atom. The lowest BCUT2D eigenvalue weighted by Gasteiger charge is -2.56. The van der Waals surface area contributed by atoms with Gasteiger partial charge in [-0.05, 0) is 54.0 Å². The minimum atomic E-state index is -0.744. The zero-order valence-corrected chi connectivity index (χ0v) is 24.1. The van der Waals surface area contributed by atoms with Crippen LogP contribution in [0.25, 0.3) is 0 Å². The first-order valence-corrected chi connectivity index (χ1v) is 14.9. The van der Waals surface area contributed by atoms with Gasteiger partial charge in [-0.15, -0.1) is 0 Å². The third kappa shape index (κ3) is 8.76. The molecule has 0 bridgehead atoms. The monoisotopic (exact) mass is 491 g/mol. The summed E-state index contributed by atoms with van der Waals surface area (Å²) in [5, 5.41) is 3.12. The van der Waals surface area contributed by atoms with E-state index in [-0.39, 0.29) is 23.0 Å². The number of nitrogens with zero attached hydrogens (tertiary/aromatic N) is 2. The second kappa shape index (κ2) is 14.0. The fourth-order valence-electron chi connectivity index (χ4n) is 6.53. The molecule has 5 nitrogen and oxygen atoms in total. The number of carbonyl (C=O) groups is 2. The van der Waals surface area contributed by atoms with Crippen LogP contribution >= 0.6 is 0 Å². The Morgan fingerprint density at radius 3 is 1.43 bits per heavy atom. The van der Waals surface area contributed by atoms with Crippen LogP contribution < -0.4 is 5.32 Å². The molecule has 3 amide bonds. The van der Waals surface area contributed by atoms with Crippen molar-refractivity contribution in [1.29, 1.82) is 0 Å². The summed E-state index contributed by atoms with van der Waals surface area (Å²) in [6, 6.07) is -0.188. The highest BCUT2D eigenvalue weighted by Crippen LogP contribution is 2.44. The molecule has 5 heteroatoms. The van der Waals surface area contributed by atoms with E-state index < -0.39 is 5.54 Å². The first-order chi connectivity index (χ1) is 16.6. The first-order valence-electron chi connectivity index (χ1n) is 14.9. The number of piperidine rings is 1. The van der Waals surface area contributed by atoms with E-state index in [0.29, 0.717) is 19.4 Å². The SMILES string of the molecule is CCCCCCCCCCCCCCCCCCN1C(=O)NC2(CC(C)(C)N(C)C(C)(C)C2)C1=O. The van der Waals surface area contributed by atoms with E-state index in [9.17, 15) is 9.59 Å². The Kier molecular flexibility index (Phi) is 12.1. The zero-order valence-electron chi connectivity index (χ0n) is 24.1. The molecule has 0 atom stereocenters. The van der Waals surface area contributed by atoms with Crippen LogP contribution in [-0.4, -0.2) is 51.9 Å². The van der Waals surface area contributed by atoms with Crippen LogP contribution in [0.15, 0.2) is 0 Å². The fourth-order valence-corrected chi connectivity index (χ4v) is 6.53. The molecule has 0 aliphatic carbocycles. The Bertz CT molecular complexity index is 640. The highest BCUT2D eigenvalue weighted by atomic mass is 16.2. The van der Waals surface area contributed by atoms with Crippen molar-refractivity contribution < 1.29 is 9.59 Å². The maximum absolute atomic E-state index is 13.4. The largest absolute Gasteiger partial charge is 0.325 e. The zero-order chi connectivity index (χ0) is 26.0. The Balaban J connectivity index is 1.54. The molecule has 0 aromatic heterocycles. The van der Waals surface area contributed by atoms with Crippen LogP contribution in [0.2, 0.25) is 0 Å². The number of nitrogens with one attached hydrogen (secondary N) is 1. The normalized spacial score (nSPS) is 21.1. The van der Waals surface area contributed by atoms with Crippen LogP contribution in [0.1, 0.15) is 150 Å². The van der Waals surface area contributed by atoms with E-state index in [4.69, 9.17) is 0 Å². The third-order valence-electron chi connectivity index (χ3n) is 8.77. The van der Waals surface area contributed by atoms with Crippen molar-refractivity contribution in [2.75, 3.05) is 13.6 Å². The summed E-state index contributed by atoms with van der Waals surface area (Å²) in [6.45, 7) is 11.5. The molecule has 0 radical (unpaired) electrons. The molecule has 0 unspecified atom stereocenters. The summed E-state index contributed by atoms with van der Waals surface area (Å²) in [7, 11) is 2.13. The van der Waals surface area contributed by atoms with E-state index in [1.807, 2.05) is 0 Å². The van der Waals surface area contributed by atoms with Gasteiger partial charge in [0, 0.05) is 17.6 Å². The van der Waals surface area contributed by atoms with Gasteiger partial charge in [-0.2, -0.15) is 0 Å².